The standard InChI is InChI=1S/C21H25ClN2O4S/c1-16-5-4-12-23(14-16)21(25)15-24(18-7-3-6-17(22)13-18)29(26,27)20-10-8-19(28-2)9-11-20/h3,6-11,13,16H,4-5,12,14-15H2,1-2H3/t16-/m1/s1. The number of anilines is 1. The van der Waals surface area contributed by atoms with Crippen LogP contribution in [-0.4, -0.2) is 46.0 Å². The third-order valence-corrected chi connectivity index (χ3v) is 7.06. The van der Waals surface area contributed by atoms with Gasteiger partial charge in [-0.25, -0.2) is 8.42 Å². The van der Waals surface area contributed by atoms with Gasteiger partial charge in [-0.05, 0) is 61.2 Å². The Kier molecular flexibility index (Phi) is 6.70. The van der Waals surface area contributed by atoms with Crippen LogP contribution in [0.25, 0.3) is 0 Å². The summed E-state index contributed by atoms with van der Waals surface area (Å²) in [7, 11) is -2.46. The number of hydrogen-bond donors (Lipinski definition) is 0. The van der Waals surface area contributed by atoms with E-state index < -0.39 is 10.0 Å². The Morgan fingerprint density at radius 1 is 1.24 bits per heavy atom. The minimum Gasteiger partial charge on any atom is -0.497 e. The van der Waals surface area contributed by atoms with E-state index in [1.165, 1.54) is 19.2 Å². The van der Waals surface area contributed by atoms with Crippen LogP contribution < -0.4 is 9.04 Å². The van der Waals surface area contributed by atoms with Gasteiger partial charge in [0.15, 0.2) is 0 Å². The zero-order valence-corrected chi connectivity index (χ0v) is 18.1. The second-order valence-corrected chi connectivity index (χ2v) is 9.55. The Morgan fingerprint density at radius 2 is 1.97 bits per heavy atom. The van der Waals surface area contributed by atoms with E-state index in [0.717, 1.165) is 17.1 Å². The van der Waals surface area contributed by atoms with E-state index in [1.807, 2.05) is 0 Å². The molecule has 1 saturated heterocycles. The van der Waals surface area contributed by atoms with Gasteiger partial charge in [0.1, 0.15) is 12.3 Å². The van der Waals surface area contributed by atoms with Gasteiger partial charge >= 0.3 is 0 Å². The molecule has 0 N–H and O–H groups in total. The fourth-order valence-corrected chi connectivity index (χ4v) is 5.05. The van der Waals surface area contributed by atoms with Gasteiger partial charge in [-0.1, -0.05) is 24.6 Å². The van der Waals surface area contributed by atoms with Crippen molar-refractivity contribution in [2.45, 2.75) is 24.7 Å². The molecule has 0 aromatic heterocycles. The molecule has 1 aliphatic heterocycles. The average Bonchev–Trinajstić information content (AvgIpc) is 2.71. The number of piperidine rings is 1. The zero-order chi connectivity index (χ0) is 21.0. The number of rotatable bonds is 6. The Labute approximate surface area is 177 Å². The summed E-state index contributed by atoms with van der Waals surface area (Å²) >= 11 is 6.10. The first-order valence-corrected chi connectivity index (χ1v) is 11.3. The summed E-state index contributed by atoms with van der Waals surface area (Å²) < 4.78 is 33.0. The van der Waals surface area contributed by atoms with Crippen LogP contribution in [0.5, 0.6) is 5.75 Å². The van der Waals surface area contributed by atoms with Gasteiger partial charge in [-0.2, -0.15) is 0 Å². The van der Waals surface area contributed by atoms with Crippen LogP contribution >= 0.6 is 11.6 Å². The predicted molar refractivity (Wildman–Crippen MR) is 114 cm³/mol. The van der Waals surface area contributed by atoms with Crippen molar-refractivity contribution in [1.82, 2.24) is 4.90 Å². The molecule has 0 bridgehead atoms. The highest BCUT2D eigenvalue weighted by Crippen LogP contribution is 2.27. The Balaban J connectivity index is 1.95. The predicted octanol–water partition coefficient (Wildman–Crippen LogP) is 3.80. The van der Waals surface area contributed by atoms with Crippen LogP contribution in [-0.2, 0) is 14.8 Å². The van der Waals surface area contributed by atoms with E-state index in [9.17, 15) is 13.2 Å². The minimum absolute atomic E-state index is 0.0816. The lowest BCUT2D eigenvalue weighted by molar-refractivity contribution is -0.131. The third-order valence-electron chi connectivity index (χ3n) is 5.03. The SMILES string of the molecule is COc1ccc(S(=O)(=O)N(CC(=O)N2CCC[C@@H](C)C2)c2cccc(Cl)c2)cc1. The van der Waals surface area contributed by atoms with Gasteiger partial charge in [0.25, 0.3) is 10.0 Å². The van der Waals surface area contributed by atoms with Crippen molar-refractivity contribution < 1.29 is 17.9 Å². The molecule has 1 atom stereocenters. The van der Waals surface area contributed by atoms with Crippen LogP contribution in [0.2, 0.25) is 5.02 Å². The normalized spacial score (nSPS) is 17.1. The second kappa shape index (κ2) is 9.05. The maximum atomic E-state index is 13.4. The Hall–Kier alpha value is -2.25. The summed E-state index contributed by atoms with van der Waals surface area (Å²) in [6, 6.07) is 12.6. The van der Waals surface area contributed by atoms with Gasteiger partial charge in [0.2, 0.25) is 5.91 Å². The number of carbonyl (C=O) groups is 1. The van der Waals surface area contributed by atoms with Crippen molar-refractivity contribution in [2.75, 3.05) is 31.0 Å². The minimum atomic E-state index is -3.97. The molecule has 1 aliphatic rings. The van der Waals surface area contributed by atoms with Crippen molar-refractivity contribution in [2.24, 2.45) is 5.92 Å². The maximum absolute atomic E-state index is 13.4. The molecule has 1 heterocycles. The molecule has 0 radical (unpaired) electrons. The Bertz CT molecular complexity index is 963. The molecule has 156 valence electrons. The molecule has 8 heteroatoms. The van der Waals surface area contributed by atoms with Gasteiger partial charge in [-0.3, -0.25) is 9.10 Å². The first-order chi connectivity index (χ1) is 13.8. The molecule has 0 unspecified atom stereocenters. The van der Waals surface area contributed by atoms with Crippen LogP contribution in [0.15, 0.2) is 53.4 Å². The largest absolute Gasteiger partial charge is 0.497 e. The zero-order valence-electron chi connectivity index (χ0n) is 16.5. The van der Waals surface area contributed by atoms with E-state index >= 15 is 0 Å². The highest BCUT2D eigenvalue weighted by Gasteiger charge is 2.30. The van der Waals surface area contributed by atoms with Gasteiger partial charge in [0, 0.05) is 18.1 Å². The smallest absolute Gasteiger partial charge is 0.264 e. The number of sulfonamides is 1. The Morgan fingerprint density at radius 3 is 2.59 bits per heavy atom. The fraction of sp³-hybridized carbons (Fsp3) is 0.381. The third kappa shape index (κ3) is 5.03. The first kappa shape index (κ1) is 21.5. The van der Waals surface area contributed by atoms with E-state index in [2.05, 4.69) is 6.92 Å². The topological polar surface area (TPSA) is 66.9 Å². The number of likely N-dealkylation sites (tertiary alicyclic amines) is 1. The van der Waals surface area contributed by atoms with E-state index in [4.69, 9.17) is 16.3 Å². The van der Waals surface area contributed by atoms with Crippen molar-refractivity contribution in [3.8, 4) is 5.75 Å². The molecule has 2 aromatic rings. The number of halogens is 1. The molecule has 0 aliphatic carbocycles. The van der Waals surface area contributed by atoms with Gasteiger partial charge in [0.05, 0.1) is 17.7 Å². The number of benzene rings is 2. The number of carbonyl (C=O) groups excluding carboxylic acids is 1. The summed E-state index contributed by atoms with van der Waals surface area (Å²) in [6.45, 7) is 3.11. The van der Waals surface area contributed by atoms with Gasteiger partial charge < -0.3 is 9.64 Å². The van der Waals surface area contributed by atoms with Crippen LogP contribution in [0.4, 0.5) is 5.69 Å². The lowest BCUT2D eigenvalue weighted by atomic mass is 10.0. The van der Waals surface area contributed by atoms with E-state index in [1.54, 1.807) is 41.3 Å². The van der Waals surface area contributed by atoms with Crippen molar-refractivity contribution in [1.29, 1.82) is 0 Å². The van der Waals surface area contributed by atoms with Crippen LogP contribution in [0.1, 0.15) is 19.8 Å². The molecule has 29 heavy (non-hydrogen) atoms. The van der Waals surface area contributed by atoms with Crippen LogP contribution in [0, 0.1) is 5.92 Å². The molecular weight excluding hydrogens is 412 g/mol. The second-order valence-electron chi connectivity index (χ2n) is 7.25. The van der Waals surface area contributed by atoms with E-state index in [0.29, 0.717) is 35.5 Å². The highest BCUT2D eigenvalue weighted by atomic mass is 35.5. The van der Waals surface area contributed by atoms with E-state index in [-0.39, 0.29) is 17.3 Å². The first-order valence-electron chi connectivity index (χ1n) is 9.51. The summed E-state index contributed by atoms with van der Waals surface area (Å²) in [5.41, 5.74) is 0.353. The van der Waals surface area contributed by atoms with Crippen molar-refractivity contribution in [3.05, 3.63) is 53.6 Å². The molecule has 0 spiro atoms. The number of nitrogens with zero attached hydrogens (tertiary/aromatic N) is 2. The molecule has 1 amide bonds. The molecule has 0 saturated carbocycles. The highest BCUT2D eigenvalue weighted by molar-refractivity contribution is 7.92. The summed E-state index contributed by atoms with van der Waals surface area (Å²) in [5, 5.41) is 0.400. The average molecular weight is 437 g/mol. The number of amides is 1. The maximum Gasteiger partial charge on any atom is 0.264 e. The van der Waals surface area contributed by atoms with Crippen LogP contribution in [0.3, 0.4) is 0 Å². The summed E-state index contributed by atoms with van der Waals surface area (Å²) in [5.74, 6) is 0.746. The molecule has 3 rings (SSSR count). The monoisotopic (exact) mass is 436 g/mol. The number of hydrogen-bond acceptors (Lipinski definition) is 4. The molecule has 1 fully saturated rings. The molecule has 2 aromatic carbocycles. The number of ether oxygens (including phenoxy) is 1. The van der Waals surface area contributed by atoms with Crippen molar-refractivity contribution >= 4 is 33.2 Å². The van der Waals surface area contributed by atoms with Crippen molar-refractivity contribution in [3.63, 3.8) is 0 Å². The lowest BCUT2D eigenvalue weighted by Crippen LogP contribution is -2.46. The summed E-state index contributed by atoms with van der Waals surface area (Å²) in [6.07, 6.45) is 2.00. The quantitative estimate of drug-likeness (QED) is 0.690. The molecule has 6 nitrogen and oxygen atoms in total. The summed E-state index contributed by atoms with van der Waals surface area (Å²) in [4.78, 5) is 14.8. The number of methoxy groups -OCH3 is 1. The fourth-order valence-electron chi connectivity index (χ4n) is 3.46. The van der Waals surface area contributed by atoms with Gasteiger partial charge in [-0.15, -0.1) is 0 Å². The lowest BCUT2D eigenvalue weighted by Gasteiger charge is -2.33. The molecular formula is C21H25ClN2O4S.